The number of nitrogens with one attached hydrogen (secondary N) is 2. The van der Waals surface area contributed by atoms with Crippen molar-refractivity contribution in [3.8, 4) is 0 Å². The van der Waals surface area contributed by atoms with Gasteiger partial charge in [0.15, 0.2) is 5.16 Å². The number of hydrazine groups is 1. The van der Waals surface area contributed by atoms with E-state index in [-0.39, 0.29) is 0 Å². The lowest BCUT2D eigenvalue weighted by Crippen LogP contribution is -2.40. The molecule has 0 aliphatic heterocycles. The zero-order valence-electron chi connectivity index (χ0n) is 12.7. The smallest absolute Gasteiger partial charge is 0.191 e. The predicted octanol–water partition coefficient (Wildman–Crippen LogP) is 2.23. The lowest BCUT2D eigenvalue weighted by atomic mass is 9.78. The van der Waals surface area contributed by atoms with Gasteiger partial charge in [-0.25, -0.2) is 15.8 Å². The minimum absolute atomic E-state index is 0.512. The molecule has 0 radical (unpaired) electrons. The number of anilines is 2. The third-order valence-electron chi connectivity index (χ3n) is 4.25. The van der Waals surface area contributed by atoms with Gasteiger partial charge in [-0.2, -0.15) is 0 Å². The Balaban J connectivity index is 1.96. The largest absolute Gasteiger partial charge is 0.388 e. The third-order valence-corrected chi connectivity index (χ3v) is 4.80. The van der Waals surface area contributed by atoms with E-state index in [1.165, 1.54) is 18.2 Å². The van der Waals surface area contributed by atoms with Crippen LogP contribution in [0.4, 0.5) is 11.6 Å². The SMILES string of the molecule is CCC1CCC(O)(CNc2cc(NN)nc(SC)n2)CC1. The van der Waals surface area contributed by atoms with Gasteiger partial charge in [0.25, 0.3) is 0 Å². The molecule has 0 bridgehead atoms. The number of hydrogen-bond acceptors (Lipinski definition) is 7. The number of thioether (sulfide) groups is 1. The first-order chi connectivity index (χ1) is 10.1. The Kier molecular flexibility index (Phi) is 5.66. The highest BCUT2D eigenvalue weighted by atomic mass is 32.2. The molecule has 1 fully saturated rings. The Morgan fingerprint density at radius 2 is 2.05 bits per heavy atom. The van der Waals surface area contributed by atoms with Crippen molar-refractivity contribution in [2.24, 2.45) is 11.8 Å². The predicted molar refractivity (Wildman–Crippen MR) is 87.3 cm³/mol. The summed E-state index contributed by atoms with van der Waals surface area (Å²) in [4.78, 5) is 8.60. The third kappa shape index (κ3) is 4.46. The van der Waals surface area contributed by atoms with Crippen LogP contribution in [0.2, 0.25) is 0 Å². The number of aromatic nitrogens is 2. The highest BCUT2D eigenvalue weighted by Gasteiger charge is 2.32. The Morgan fingerprint density at radius 1 is 1.38 bits per heavy atom. The van der Waals surface area contributed by atoms with E-state index in [1.807, 2.05) is 6.26 Å². The summed E-state index contributed by atoms with van der Waals surface area (Å²) >= 11 is 1.46. The summed E-state index contributed by atoms with van der Waals surface area (Å²) < 4.78 is 0. The first kappa shape index (κ1) is 16.3. The van der Waals surface area contributed by atoms with Crippen molar-refractivity contribution in [3.63, 3.8) is 0 Å². The van der Waals surface area contributed by atoms with E-state index in [0.29, 0.717) is 23.3 Å². The Morgan fingerprint density at radius 3 is 2.62 bits per heavy atom. The number of nitrogens with zero attached hydrogens (tertiary/aromatic N) is 2. The first-order valence-corrected chi connectivity index (χ1v) is 8.67. The van der Waals surface area contributed by atoms with Gasteiger partial charge >= 0.3 is 0 Å². The summed E-state index contributed by atoms with van der Waals surface area (Å²) in [5, 5.41) is 14.5. The minimum Gasteiger partial charge on any atom is -0.388 e. The van der Waals surface area contributed by atoms with Gasteiger partial charge in [0.1, 0.15) is 11.6 Å². The highest BCUT2D eigenvalue weighted by molar-refractivity contribution is 7.98. The topological polar surface area (TPSA) is 96.1 Å². The molecular formula is C14H25N5OS. The minimum atomic E-state index is -0.632. The second kappa shape index (κ2) is 7.29. The van der Waals surface area contributed by atoms with E-state index in [9.17, 15) is 5.11 Å². The van der Waals surface area contributed by atoms with Gasteiger partial charge in [-0.1, -0.05) is 25.1 Å². The second-order valence-electron chi connectivity index (χ2n) is 5.70. The zero-order valence-corrected chi connectivity index (χ0v) is 13.5. The van der Waals surface area contributed by atoms with Crippen molar-refractivity contribution in [1.29, 1.82) is 0 Å². The second-order valence-corrected chi connectivity index (χ2v) is 6.47. The molecule has 7 heteroatoms. The fraction of sp³-hybridized carbons (Fsp3) is 0.714. The van der Waals surface area contributed by atoms with Gasteiger partial charge in [0, 0.05) is 12.6 Å². The summed E-state index contributed by atoms with van der Waals surface area (Å²) in [7, 11) is 0. The maximum Gasteiger partial charge on any atom is 0.191 e. The lowest BCUT2D eigenvalue weighted by Gasteiger charge is -2.36. The molecule has 5 N–H and O–H groups in total. The Hall–Kier alpha value is -1.05. The van der Waals surface area contributed by atoms with E-state index in [0.717, 1.165) is 31.6 Å². The molecule has 1 heterocycles. The van der Waals surface area contributed by atoms with Crippen LogP contribution in [-0.2, 0) is 0 Å². The molecular weight excluding hydrogens is 286 g/mol. The van der Waals surface area contributed by atoms with E-state index in [1.54, 1.807) is 6.07 Å². The van der Waals surface area contributed by atoms with Crippen LogP contribution in [0.5, 0.6) is 0 Å². The van der Waals surface area contributed by atoms with Crippen LogP contribution in [-0.4, -0.2) is 33.5 Å². The molecule has 1 aliphatic carbocycles. The quantitative estimate of drug-likeness (QED) is 0.277. The van der Waals surface area contributed by atoms with Crippen molar-refractivity contribution in [1.82, 2.24) is 9.97 Å². The number of aliphatic hydroxyl groups is 1. The van der Waals surface area contributed by atoms with E-state index in [2.05, 4.69) is 27.6 Å². The number of hydrogen-bond donors (Lipinski definition) is 4. The molecule has 0 saturated heterocycles. The van der Waals surface area contributed by atoms with Crippen LogP contribution < -0.4 is 16.6 Å². The fourth-order valence-corrected chi connectivity index (χ4v) is 3.12. The molecule has 6 nitrogen and oxygen atoms in total. The summed E-state index contributed by atoms with van der Waals surface area (Å²) in [6.07, 6.45) is 7.02. The molecule has 21 heavy (non-hydrogen) atoms. The molecule has 0 atom stereocenters. The van der Waals surface area contributed by atoms with E-state index >= 15 is 0 Å². The summed E-state index contributed by atoms with van der Waals surface area (Å²) in [6.45, 7) is 2.73. The Bertz CT molecular complexity index is 440. The molecule has 0 unspecified atom stereocenters. The molecule has 1 aromatic heterocycles. The van der Waals surface area contributed by atoms with Crippen molar-refractivity contribution in [3.05, 3.63) is 6.07 Å². The summed E-state index contributed by atoms with van der Waals surface area (Å²) in [6, 6.07) is 1.75. The monoisotopic (exact) mass is 311 g/mol. The molecule has 0 spiro atoms. The molecule has 0 aromatic carbocycles. The van der Waals surface area contributed by atoms with Crippen LogP contribution in [0.1, 0.15) is 39.0 Å². The molecule has 1 aliphatic rings. The molecule has 118 valence electrons. The molecule has 2 rings (SSSR count). The van der Waals surface area contributed by atoms with Gasteiger partial charge in [-0.15, -0.1) is 0 Å². The molecule has 0 amide bonds. The maximum absolute atomic E-state index is 10.6. The van der Waals surface area contributed by atoms with E-state index < -0.39 is 5.60 Å². The number of nitrogen functional groups attached to an aromatic ring is 1. The standard InChI is InChI=1S/C14H25N5OS/c1-3-10-4-6-14(20,7-5-10)9-16-11-8-12(19-15)18-13(17-11)21-2/h8,10,20H,3-7,9,15H2,1-2H3,(H2,16,17,18,19). The normalized spacial score (nSPS) is 25.6. The maximum atomic E-state index is 10.6. The number of nitrogens with two attached hydrogens (primary N) is 1. The highest BCUT2D eigenvalue weighted by Crippen LogP contribution is 2.33. The lowest BCUT2D eigenvalue weighted by molar-refractivity contribution is 0.00222. The zero-order chi connectivity index (χ0) is 15.3. The Labute approximate surface area is 130 Å². The fourth-order valence-electron chi connectivity index (χ4n) is 2.74. The van der Waals surface area contributed by atoms with Crippen LogP contribution in [0, 0.1) is 5.92 Å². The summed E-state index contributed by atoms with van der Waals surface area (Å²) in [5.41, 5.74) is 1.90. The molecule has 1 saturated carbocycles. The van der Waals surface area contributed by atoms with Crippen molar-refractivity contribution in [2.45, 2.75) is 49.8 Å². The van der Waals surface area contributed by atoms with Crippen LogP contribution in [0.15, 0.2) is 11.2 Å². The van der Waals surface area contributed by atoms with Gasteiger partial charge < -0.3 is 15.8 Å². The van der Waals surface area contributed by atoms with Gasteiger partial charge in [-0.3, -0.25) is 0 Å². The summed E-state index contributed by atoms with van der Waals surface area (Å²) in [5.74, 6) is 7.43. The van der Waals surface area contributed by atoms with E-state index in [4.69, 9.17) is 5.84 Å². The van der Waals surface area contributed by atoms with Crippen LogP contribution in [0.3, 0.4) is 0 Å². The average molecular weight is 311 g/mol. The molecule has 1 aromatic rings. The van der Waals surface area contributed by atoms with Crippen LogP contribution >= 0.6 is 11.8 Å². The van der Waals surface area contributed by atoms with Gasteiger partial charge in [0.05, 0.1) is 5.60 Å². The van der Waals surface area contributed by atoms with Crippen molar-refractivity contribution < 1.29 is 5.11 Å². The average Bonchev–Trinajstić information content (AvgIpc) is 2.53. The number of rotatable bonds is 6. The van der Waals surface area contributed by atoms with Crippen LogP contribution in [0.25, 0.3) is 0 Å². The van der Waals surface area contributed by atoms with Crippen molar-refractivity contribution >= 4 is 23.4 Å². The van der Waals surface area contributed by atoms with Crippen molar-refractivity contribution in [2.75, 3.05) is 23.5 Å². The first-order valence-electron chi connectivity index (χ1n) is 7.44. The van der Waals surface area contributed by atoms with Gasteiger partial charge in [-0.05, 0) is 37.9 Å². The van der Waals surface area contributed by atoms with Gasteiger partial charge in [0.2, 0.25) is 0 Å².